The highest BCUT2D eigenvalue weighted by atomic mass is 35.5. The maximum atomic E-state index is 5.97. The van der Waals surface area contributed by atoms with E-state index in [4.69, 9.17) is 11.6 Å². The van der Waals surface area contributed by atoms with Gasteiger partial charge in [-0.3, -0.25) is 0 Å². The minimum Gasteiger partial charge on any atom is -0.345 e. The van der Waals surface area contributed by atoms with E-state index in [2.05, 4.69) is 87.5 Å². The van der Waals surface area contributed by atoms with E-state index in [1.807, 2.05) is 37.4 Å². The molecule has 34 heavy (non-hydrogen) atoms. The lowest BCUT2D eigenvalue weighted by atomic mass is 9.96. The van der Waals surface area contributed by atoms with Gasteiger partial charge in [-0.15, -0.1) is 13.2 Å². The highest BCUT2D eigenvalue weighted by Gasteiger charge is 2.08. The van der Waals surface area contributed by atoms with Crippen LogP contribution in [-0.4, -0.2) is 7.05 Å². The van der Waals surface area contributed by atoms with Crippen LogP contribution in [0.5, 0.6) is 0 Å². The fourth-order valence-electron chi connectivity index (χ4n) is 4.04. The van der Waals surface area contributed by atoms with E-state index in [0.29, 0.717) is 0 Å². The Morgan fingerprint density at radius 2 is 1.38 bits per heavy atom. The molecule has 0 aliphatic heterocycles. The molecule has 0 radical (unpaired) electrons. The summed E-state index contributed by atoms with van der Waals surface area (Å²) in [5, 5.41) is 0.741. The number of hydrogen-bond acceptors (Lipinski definition) is 1. The number of hydrogen-bond donors (Lipinski definition) is 0. The standard InChI is InChI=1S/C24H22ClN.C6H12.C2H4/c1-5-19-16-21(7-6-17(19)2)18(3)20-8-12-23(13-9-20)26(4)24-14-10-22(25)11-15-24;1-6-4-2-3-5-6;1-2/h5-16H,1,3H2,2,4H3;6H,2-5H2,1H3;1-2H2. The first-order valence-corrected chi connectivity index (χ1v) is 12.3. The summed E-state index contributed by atoms with van der Waals surface area (Å²) in [6.45, 7) is 18.6. The van der Waals surface area contributed by atoms with Gasteiger partial charge in [0, 0.05) is 23.4 Å². The first kappa shape index (κ1) is 27.2. The molecule has 0 bridgehead atoms. The van der Waals surface area contributed by atoms with Gasteiger partial charge < -0.3 is 4.90 Å². The Morgan fingerprint density at radius 1 is 0.882 bits per heavy atom. The molecule has 0 amide bonds. The van der Waals surface area contributed by atoms with E-state index in [1.165, 1.54) is 31.2 Å². The number of aryl methyl sites for hydroxylation is 1. The molecule has 1 aliphatic carbocycles. The Bertz CT molecular complexity index is 1060. The van der Waals surface area contributed by atoms with E-state index in [0.717, 1.165) is 44.6 Å². The average Bonchev–Trinajstić information content (AvgIpc) is 3.36. The number of halogens is 1. The number of benzene rings is 3. The van der Waals surface area contributed by atoms with Crippen LogP contribution in [0.4, 0.5) is 11.4 Å². The lowest BCUT2D eigenvalue weighted by Crippen LogP contribution is -2.09. The second-order valence-electron chi connectivity index (χ2n) is 8.73. The molecule has 1 aliphatic rings. The van der Waals surface area contributed by atoms with E-state index in [1.54, 1.807) is 0 Å². The molecule has 1 nitrogen and oxygen atoms in total. The number of rotatable bonds is 5. The Morgan fingerprint density at radius 3 is 1.85 bits per heavy atom. The van der Waals surface area contributed by atoms with E-state index >= 15 is 0 Å². The molecule has 3 aromatic carbocycles. The normalized spacial score (nSPS) is 12.6. The topological polar surface area (TPSA) is 3.24 Å². The molecule has 0 N–H and O–H groups in total. The summed E-state index contributed by atoms with van der Waals surface area (Å²) < 4.78 is 0. The minimum absolute atomic E-state index is 0.741. The first-order chi connectivity index (χ1) is 16.4. The van der Waals surface area contributed by atoms with Crippen molar-refractivity contribution in [3.63, 3.8) is 0 Å². The maximum Gasteiger partial charge on any atom is 0.0409 e. The minimum atomic E-state index is 0.741. The quantitative estimate of drug-likeness (QED) is 0.334. The number of anilines is 2. The summed E-state index contributed by atoms with van der Waals surface area (Å²) >= 11 is 5.97. The largest absolute Gasteiger partial charge is 0.345 e. The molecule has 0 unspecified atom stereocenters. The zero-order valence-corrected chi connectivity index (χ0v) is 21.7. The molecule has 3 aromatic rings. The van der Waals surface area contributed by atoms with Crippen LogP contribution in [0.25, 0.3) is 11.6 Å². The lowest BCUT2D eigenvalue weighted by Gasteiger charge is -2.20. The third-order valence-electron chi connectivity index (χ3n) is 6.31. The van der Waals surface area contributed by atoms with Crippen LogP contribution in [-0.2, 0) is 0 Å². The van der Waals surface area contributed by atoms with Gasteiger partial charge in [-0.05, 0) is 83.1 Å². The summed E-state index contributed by atoms with van der Waals surface area (Å²) in [7, 11) is 2.05. The van der Waals surface area contributed by atoms with Gasteiger partial charge in [-0.2, -0.15) is 0 Å². The van der Waals surface area contributed by atoms with Crippen LogP contribution in [0, 0.1) is 12.8 Å². The van der Waals surface area contributed by atoms with Gasteiger partial charge in [0.05, 0.1) is 0 Å². The SMILES string of the molecule is C=C.C=Cc1cc(C(=C)c2ccc(N(C)c3ccc(Cl)cc3)cc2)ccc1C.CC1CCCC1. The van der Waals surface area contributed by atoms with E-state index < -0.39 is 0 Å². The van der Waals surface area contributed by atoms with Gasteiger partial charge in [0.15, 0.2) is 0 Å². The molecule has 0 heterocycles. The molecular formula is C32H38ClN. The first-order valence-electron chi connectivity index (χ1n) is 11.9. The predicted molar refractivity (Wildman–Crippen MR) is 154 cm³/mol. The van der Waals surface area contributed by atoms with Crippen LogP contribution in [0.3, 0.4) is 0 Å². The molecule has 2 heteroatoms. The summed E-state index contributed by atoms with van der Waals surface area (Å²) in [5.74, 6) is 1.05. The van der Waals surface area contributed by atoms with Gasteiger partial charge in [0.1, 0.15) is 0 Å². The van der Waals surface area contributed by atoms with Crippen molar-refractivity contribution >= 4 is 34.6 Å². The monoisotopic (exact) mass is 471 g/mol. The molecule has 0 atom stereocenters. The van der Waals surface area contributed by atoms with Crippen molar-refractivity contribution < 1.29 is 0 Å². The van der Waals surface area contributed by atoms with Crippen LogP contribution in [0.15, 0.2) is 93.0 Å². The van der Waals surface area contributed by atoms with E-state index in [9.17, 15) is 0 Å². The smallest absolute Gasteiger partial charge is 0.0409 e. The average molecular weight is 472 g/mol. The van der Waals surface area contributed by atoms with Crippen molar-refractivity contribution in [3.8, 4) is 0 Å². The summed E-state index contributed by atoms with van der Waals surface area (Å²) in [6, 6.07) is 22.6. The number of nitrogens with zero attached hydrogens (tertiary/aromatic N) is 1. The second-order valence-corrected chi connectivity index (χ2v) is 9.16. The van der Waals surface area contributed by atoms with Crippen molar-refractivity contribution in [2.45, 2.75) is 39.5 Å². The second kappa shape index (κ2) is 13.6. The summed E-state index contributed by atoms with van der Waals surface area (Å²) in [6.07, 6.45) is 7.83. The van der Waals surface area contributed by atoms with Gasteiger partial charge >= 0.3 is 0 Å². The Hall–Kier alpha value is -3.03. The molecule has 0 spiro atoms. The molecule has 1 saturated carbocycles. The Labute approximate surface area is 212 Å². The van der Waals surface area contributed by atoms with Crippen molar-refractivity contribution in [2.24, 2.45) is 5.92 Å². The highest BCUT2D eigenvalue weighted by Crippen LogP contribution is 2.29. The molecule has 0 saturated heterocycles. The van der Waals surface area contributed by atoms with Crippen molar-refractivity contribution in [3.05, 3.63) is 120 Å². The lowest BCUT2D eigenvalue weighted by molar-refractivity contribution is 0.612. The zero-order chi connectivity index (χ0) is 25.1. The third-order valence-corrected chi connectivity index (χ3v) is 6.56. The van der Waals surface area contributed by atoms with Gasteiger partial charge in [0.2, 0.25) is 0 Å². The maximum absolute atomic E-state index is 5.97. The highest BCUT2D eigenvalue weighted by molar-refractivity contribution is 6.30. The fraction of sp³-hybridized carbons (Fsp3) is 0.250. The molecule has 178 valence electrons. The fourth-order valence-corrected chi connectivity index (χ4v) is 4.17. The predicted octanol–water partition coefficient (Wildman–Crippen LogP) is 10.1. The van der Waals surface area contributed by atoms with Gasteiger partial charge in [0.25, 0.3) is 0 Å². The van der Waals surface area contributed by atoms with Gasteiger partial charge in [-0.25, -0.2) is 0 Å². The molecule has 0 aromatic heterocycles. The molecule has 1 fully saturated rings. The third kappa shape index (κ3) is 7.50. The van der Waals surface area contributed by atoms with Crippen LogP contribution in [0.1, 0.15) is 54.9 Å². The van der Waals surface area contributed by atoms with Gasteiger partial charge in [-0.1, -0.05) is 87.7 Å². The Balaban J connectivity index is 0.000000437. The van der Waals surface area contributed by atoms with Crippen molar-refractivity contribution in [1.82, 2.24) is 0 Å². The van der Waals surface area contributed by atoms with Crippen molar-refractivity contribution in [2.75, 3.05) is 11.9 Å². The molecular weight excluding hydrogens is 434 g/mol. The van der Waals surface area contributed by atoms with E-state index in [-0.39, 0.29) is 0 Å². The zero-order valence-electron chi connectivity index (χ0n) is 21.0. The van der Waals surface area contributed by atoms with Crippen LogP contribution < -0.4 is 4.90 Å². The van der Waals surface area contributed by atoms with Crippen molar-refractivity contribution in [1.29, 1.82) is 0 Å². The summed E-state index contributed by atoms with van der Waals surface area (Å²) in [5.41, 5.74) is 7.80. The summed E-state index contributed by atoms with van der Waals surface area (Å²) in [4.78, 5) is 2.13. The van der Waals surface area contributed by atoms with Crippen LogP contribution >= 0.6 is 11.6 Å². The van der Waals surface area contributed by atoms with Crippen LogP contribution in [0.2, 0.25) is 5.02 Å². The Kier molecular flexibility index (Phi) is 10.9. The molecule has 4 rings (SSSR count).